The van der Waals surface area contributed by atoms with Crippen molar-refractivity contribution in [2.45, 2.75) is 32.6 Å². The van der Waals surface area contributed by atoms with Crippen LogP contribution in [0.1, 0.15) is 31.9 Å². The van der Waals surface area contributed by atoms with Crippen molar-refractivity contribution in [2.75, 3.05) is 13.1 Å². The van der Waals surface area contributed by atoms with E-state index in [1.807, 2.05) is 17.9 Å². The summed E-state index contributed by atoms with van der Waals surface area (Å²) in [6, 6.07) is 2.13. The van der Waals surface area contributed by atoms with Gasteiger partial charge in [-0.05, 0) is 30.7 Å². The molecule has 15 heavy (non-hydrogen) atoms. The second kappa shape index (κ2) is 4.35. The number of nitrogens with zero attached hydrogens (tertiary/aromatic N) is 2. The van der Waals surface area contributed by atoms with Gasteiger partial charge in [0.05, 0.1) is 0 Å². The number of aryl methyl sites for hydroxylation is 2. The number of hydrogen-bond donors (Lipinski definition) is 1. The van der Waals surface area contributed by atoms with Gasteiger partial charge in [0.15, 0.2) is 0 Å². The van der Waals surface area contributed by atoms with Gasteiger partial charge in [0.2, 0.25) is 0 Å². The van der Waals surface area contributed by atoms with Gasteiger partial charge in [0.1, 0.15) is 0 Å². The molecule has 1 aromatic heterocycles. The third-order valence-corrected chi connectivity index (χ3v) is 3.61. The molecule has 1 saturated heterocycles. The maximum absolute atomic E-state index is 4.21. The first-order valence-electron chi connectivity index (χ1n) is 5.93. The molecule has 1 aromatic rings. The Morgan fingerprint density at radius 3 is 2.73 bits per heavy atom. The second-order valence-corrected chi connectivity index (χ2v) is 4.80. The first-order valence-corrected chi connectivity index (χ1v) is 5.93. The second-order valence-electron chi connectivity index (χ2n) is 4.80. The highest BCUT2D eigenvalue weighted by Crippen LogP contribution is 2.33. The van der Waals surface area contributed by atoms with Gasteiger partial charge in [-0.15, -0.1) is 0 Å². The first kappa shape index (κ1) is 10.7. The van der Waals surface area contributed by atoms with Crippen molar-refractivity contribution in [3.8, 4) is 0 Å². The van der Waals surface area contributed by atoms with Crippen molar-refractivity contribution < 1.29 is 0 Å². The van der Waals surface area contributed by atoms with Crippen molar-refractivity contribution in [3.05, 3.63) is 18.0 Å². The summed E-state index contributed by atoms with van der Waals surface area (Å²) in [5.41, 5.74) is 1.94. The molecule has 1 aliphatic rings. The van der Waals surface area contributed by atoms with Gasteiger partial charge in [-0.25, -0.2) is 0 Å². The number of rotatable bonds is 5. The van der Waals surface area contributed by atoms with Crippen LogP contribution in [0.15, 0.2) is 12.3 Å². The van der Waals surface area contributed by atoms with E-state index in [-0.39, 0.29) is 0 Å². The van der Waals surface area contributed by atoms with Crippen LogP contribution in [0.5, 0.6) is 0 Å². The zero-order valence-corrected chi connectivity index (χ0v) is 9.79. The quantitative estimate of drug-likeness (QED) is 0.797. The van der Waals surface area contributed by atoms with Gasteiger partial charge in [0, 0.05) is 32.0 Å². The van der Waals surface area contributed by atoms with Crippen molar-refractivity contribution in [2.24, 2.45) is 12.5 Å². The summed E-state index contributed by atoms with van der Waals surface area (Å²) in [6.45, 7) is 4.70. The molecule has 1 N–H and O–H groups in total. The van der Waals surface area contributed by atoms with Crippen LogP contribution in [-0.4, -0.2) is 22.9 Å². The van der Waals surface area contributed by atoms with E-state index >= 15 is 0 Å². The van der Waals surface area contributed by atoms with Crippen LogP contribution in [0.25, 0.3) is 0 Å². The average Bonchev–Trinajstić information content (AvgIpc) is 2.56. The molecular formula is C12H21N3. The third-order valence-electron chi connectivity index (χ3n) is 3.61. The van der Waals surface area contributed by atoms with Crippen LogP contribution >= 0.6 is 0 Å². The minimum absolute atomic E-state index is 0.582. The van der Waals surface area contributed by atoms with E-state index < -0.39 is 0 Å². The molecule has 0 spiro atoms. The maximum Gasteiger partial charge on any atom is 0.0492 e. The SMILES string of the molecule is CCCC1(CCc2ccnn2C)CNC1. The van der Waals surface area contributed by atoms with Gasteiger partial charge >= 0.3 is 0 Å². The Morgan fingerprint density at radius 2 is 2.27 bits per heavy atom. The third kappa shape index (κ3) is 2.23. The van der Waals surface area contributed by atoms with E-state index in [4.69, 9.17) is 0 Å². The van der Waals surface area contributed by atoms with Crippen molar-refractivity contribution in [1.82, 2.24) is 15.1 Å². The summed E-state index contributed by atoms with van der Waals surface area (Å²) >= 11 is 0. The summed E-state index contributed by atoms with van der Waals surface area (Å²) < 4.78 is 1.99. The molecule has 1 aliphatic heterocycles. The molecule has 2 rings (SSSR count). The summed E-state index contributed by atoms with van der Waals surface area (Å²) in [5.74, 6) is 0. The Morgan fingerprint density at radius 1 is 1.47 bits per heavy atom. The Bertz CT molecular complexity index is 312. The highest BCUT2D eigenvalue weighted by Gasteiger charge is 2.35. The molecule has 0 bridgehead atoms. The van der Waals surface area contributed by atoms with Gasteiger partial charge in [-0.2, -0.15) is 5.10 Å². The van der Waals surface area contributed by atoms with Crippen LogP contribution in [-0.2, 0) is 13.5 Å². The highest BCUT2D eigenvalue weighted by atomic mass is 15.2. The van der Waals surface area contributed by atoms with Crippen molar-refractivity contribution in [3.63, 3.8) is 0 Å². The van der Waals surface area contributed by atoms with E-state index in [1.54, 1.807) is 0 Å². The zero-order valence-electron chi connectivity index (χ0n) is 9.79. The molecule has 0 saturated carbocycles. The molecule has 3 heteroatoms. The van der Waals surface area contributed by atoms with Crippen LogP contribution in [0.3, 0.4) is 0 Å². The predicted octanol–water partition coefficient (Wildman–Crippen LogP) is 1.74. The number of aromatic nitrogens is 2. The lowest BCUT2D eigenvalue weighted by atomic mass is 9.74. The lowest BCUT2D eigenvalue weighted by Gasteiger charge is -2.43. The first-order chi connectivity index (χ1) is 7.26. The molecule has 0 radical (unpaired) electrons. The Labute approximate surface area is 91.9 Å². The fraction of sp³-hybridized carbons (Fsp3) is 0.750. The van der Waals surface area contributed by atoms with Crippen molar-refractivity contribution >= 4 is 0 Å². The van der Waals surface area contributed by atoms with E-state index in [1.165, 1.54) is 38.0 Å². The van der Waals surface area contributed by atoms with E-state index in [2.05, 4.69) is 23.4 Å². The van der Waals surface area contributed by atoms with Crippen molar-refractivity contribution in [1.29, 1.82) is 0 Å². The zero-order chi connectivity index (χ0) is 10.7. The van der Waals surface area contributed by atoms with Crippen LogP contribution in [0.4, 0.5) is 0 Å². The number of nitrogens with one attached hydrogen (secondary N) is 1. The fourth-order valence-electron chi connectivity index (χ4n) is 2.53. The summed E-state index contributed by atoms with van der Waals surface area (Å²) in [4.78, 5) is 0. The molecule has 0 aliphatic carbocycles. The molecule has 0 amide bonds. The van der Waals surface area contributed by atoms with Gasteiger partial charge < -0.3 is 5.32 Å². The maximum atomic E-state index is 4.21. The monoisotopic (exact) mass is 207 g/mol. The molecule has 3 nitrogen and oxygen atoms in total. The summed E-state index contributed by atoms with van der Waals surface area (Å²) in [7, 11) is 2.03. The minimum Gasteiger partial charge on any atom is -0.316 e. The summed E-state index contributed by atoms with van der Waals surface area (Å²) in [6.07, 6.45) is 7.01. The Kier molecular flexibility index (Phi) is 3.10. The topological polar surface area (TPSA) is 29.9 Å². The fourth-order valence-corrected chi connectivity index (χ4v) is 2.53. The number of hydrogen-bond acceptors (Lipinski definition) is 2. The molecule has 1 fully saturated rings. The minimum atomic E-state index is 0.582. The summed E-state index contributed by atoms with van der Waals surface area (Å²) in [5, 5.41) is 7.62. The molecule has 0 aromatic carbocycles. The highest BCUT2D eigenvalue weighted by molar-refractivity contribution is 5.03. The van der Waals surface area contributed by atoms with Gasteiger partial charge in [-0.1, -0.05) is 13.3 Å². The van der Waals surface area contributed by atoms with Crippen LogP contribution in [0.2, 0.25) is 0 Å². The predicted molar refractivity (Wildman–Crippen MR) is 61.7 cm³/mol. The molecule has 2 heterocycles. The van der Waals surface area contributed by atoms with Crippen LogP contribution in [0, 0.1) is 5.41 Å². The normalized spacial score (nSPS) is 18.8. The van der Waals surface area contributed by atoms with E-state index in [0.29, 0.717) is 5.41 Å². The van der Waals surface area contributed by atoms with E-state index in [0.717, 1.165) is 6.42 Å². The molecule has 0 atom stereocenters. The Balaban J connectivity index is 1.89. The van der Waals surface area contributed by atoms with E-state index in [9.17, 15) is 0 Å². The van der Waals surface area contributed by atoms with Crippen LogP contribution < -0.4 is 5.32 Å². The average molecular weight is 207 g/mol. The Hall–Kier alpha value is -0.830. The lowest BCUT2D eigenvalue weighted by molar-refractivity contribution is 0.136. The van der Waals surface area contributed by atoms with Gasteiger partial charge in [-0.3, -0.25) is 4.68 Å². The largest absolute Gasteiger partial charge is 0.316 e. The van der Waals surface area contributed by atoms with Gasteiger partial charge in [0.25, 0.3) is 0 Å². The standard InChI is InChI=1S/C12H21N3/c1-3-6-12(9-13-10-12)7-4-11-5-8-14-15(11)2/h5,8,13H,3-4,6-7,9-10H2,1-2H3. The molecule has 84 valence electrons. The molecular weight excluding hydrogens is 186 g/mol. The smallest absolute Gasteiger partial charge is 0.0492 e. The lowest BCUT2D eigenvalue weighted by Crippen LogP contribution is -2.53. The molecule has 0 unspecified atom stereocenters.